The molecule has 2 aromatic heterocycles. The fourth-order valence-electron chi connectivity index (χ4n) is 5.97. The Bertz CT molecular complexity index is 2150. The summed E-state index contributed by atoms with van der Waals surface area (Å²) in [6.45, 7) is 4.74. The maximum absolute atomic E-state index is 12.4. The lowest BCUT2D eigenvalue weighted by Gasteiger charge is -2.16. The molecule has 0 aliphatic carbocycles. The Morgan fingerprint density at radius 3 is 1.64 bits per heavy atom. The normalized spacial score (nSPS) is 13.0. The van der Waals surface area contributed by atoms with Crippen LogP contribution in [0.25, 0.3) is 22.5 Å². The van der Waals surface area contributed by atoms with Gasteiger partial charge in [-0.2, -0.15) is 26.3 Å². The molecule has 4 aromatic rings. The lowest BCUT2D eigenvalue weighted by atomic mass is 10.0. The second kappa shape index (κ2) is 21.8. The summed E-state index contributed by atoms with van der Waals surface area (Å²) in [4.78, 5) is 43.9. The number of phenols is 1. The van der Waals surface area contributed by atoms with Crippen molar-refractivity contribution in [3.8, 4) is 34.0 Å². The van der Waals surface area contributed by atoms with Crippen molar-refractivity contribution in [3.05, 3.63) is 69.0 Å². The van der Waals surface area contributed by atoms with Crippen LogP contribution in [-0.2, 0) is 35.7 Å². The first kappa shape index (κ1) is 48.9. The van der Waals surface area contributed by atoms with Gasteiger partial charge in [0.05, 0.1) is 89.9 Å². The summed E-state index contributed by atoms with van der Waals surface area (Å²) < 4.78 is 87.1. The zero-order valence-corrected chi connectivity index (χ0v) is 36.3. The van der Waals surface area contributed by atoms with Crippen LogP contribution >= 0.6 is 45.8 Å². The number of aromatic hydroxyl groups is 1. The summed E-state index contributed by atoms with van der Waals surface area (Å²) in [6.07, 6.45) is -10.7. The molecule has 2 amide bonds. The molecule has 0 saturated heterocycles. The Hall–Kier alpha value is -4.77. The molecule has 6 rings (SSSR count). The summed E-state index contributed by atoms with van der Waals surface area (Å²) in [5.41, 5.74) is 15.7. The molecule has 0 spiro atoms. The standard InChI is InChI=1S/C19H20ClF3N4O3.C15H15ClN4O3.C4H6F3I/c1-2-29-18(28)27-9-11-13(10-27)25-17(24)26-16(11)15-12(20)5-3-6-14(15)30-8-4-7-19(21,22)23;1-2-23-15(22)20-6-8-10(7-20)18-14(17)19-13(8)12-9(16)4-3-5-11(12)21;5-4(6,7)2-1-3-8/h3,5-6H,2,4,7-10H2,1H3,(H2,24,25,26);3-5,21H,2,6-7H2,1H3,(H2,17,18,19);1-3H2. The third-order valence-electron chi connectivity index (χ3n) is 8.55. The number of alkyl halides is 7. The summed E-state index contributed by atoms with van der Waals surface area (Å²) in [6, 6.07) is 9.64. The highest BCUT2D eigenvalue weighted by atomic mass is 127. The molecule has 0 fully saturated rings. The van der Waals surface area contributed by atoms with Crippen LogP contribution in [0.1, 0.15) is 62.0 Å². The van der Waals surface area contributed by atoms with Gasteiger partial charge in [0.2, 0.25) is 11.9 Å². The molecule has 2 aromatic carbocycles. The highest BCUT2D eigenvalue weighted by Crippen LogP contribution is 2.42. The number of hydrogen-bond acceptors (Lipinski definition) is 12. The van der Waals surface area contributed by atoms with E-state index in [4.69, 9.17) is 48.9 Å². The minimum Gasteiger partial charge on any atom is -0.507 e. The SMILES string of the molecule is CCOC(=O)N1Cc2nc(N)nc(-c3c(Cl)cccc3OCCCC(F)(F)F)c2C1.CCOC(=O)N1Cc2nc(N)nc(-c3c(O)cccc3Cl)c2C1.FC(F)(F)CCCI. The van der Waals surface area contributed by atoms with Crippen LogP contribution < -0.4 is 16.2 Å². The predicted octanol–water partition coefficient (Wildman–Crippen LogP) is 9.89. The molecular formula is C38H41Cl2F6IN8O6. The monoisotopic (exact) mass is 1020 g/mol. The number of halogens is 9. The number of carbonyl (C=O) groups excluding carboxylic acids is 2. The number of nitrogen functional groups attached to an aromatic ring is 2. The molecule has 0 bridgehead atoms. The maximum Gasteiger partial charge on any atom is 0.410 e. The Kier molecular flexibility index (Phi) is 17.5. The molecule has 4 heterocycles. The van der Waals surface area contributed by atoms with Gasteiger partial charge in [-0.05, 0) is 55.4 Å². The van der Waals surface area contributed by atoms with E-state index in [9.17, 15) is 41.0 Å². The molecule has 2 aliphatic heterocycles. The molecule has 5 N–H and O–H groups in total. The number of carbonyl (C=O) groups is 2. The van der Waals surface area contributed by atoms with Crippen molar-refractivity contribution >= 4 is 69.9 Å². The van der Waals surface area contributed by atoms with Crippen LogP contribution in [0, 0.1) is 0 Å². The first-order chi connectivity index (χ1) is 28.8. The van der Waals surface area contributed by atoms with Crippen LogP contribution in [0.3, 0.4) is 0 Å². The van der Waals surface area contributed by atoms with E-state index < -0.39 is 37.4 Å². The first-order valence-electron chi connectivity index (χ1n) is 18.5. The molecule has 23 heteroatoms. The van der Waals surface area contributed by atoms with Gasteiger partial charge in [-0.25, -0.2) is 29.5 Å². The number of ether oxygens (including phenoxy) is 3. The van der Waals surface area contributed by atoms with Crippen molar-refractivity contribution in [1.82, 2.24) is 29.7 Å². The first-order valence-corrected chi connectivity index (χ1v) is 20.8. The van der Waals surface area contributed by atoms with E-state index in [0.29, 0.717) is 59.5 Å². The average Bonchev–Trinajstić information content (AvgIpc) is 3.81. The molecule has 0 unspecified atom stereocenters. The zero-order chi connectivity index (χ0) is 45.1. The molecule has 61 heavy (non-hydrogen) atoms. The van der Waals surface area contributed by atoms with Gasteiger partial charge in [0.25, 0.3) is 0 Å². The van der Waals surface area contributed by atoms with Crippen molar-refractivity contribution in [2.45, 2.75) is 78.1 Å². The van der Waals surface area contributed by atoms with Crippen molar-refractivity contribution < 1.29 is 55.2 Å². The number of anilines is 2. The quantitative estimate of drug-likeness (QED) is 0.0591. The van der Waals surface area contributed by atoms with Gasteiger partial charge in [-0.1, -0.05) is 57.9 Å². The lowest BCUT2D eigenvalue weighted by molar-refractivity contribution is -0.136. The fraction of sp³-hybridized carbons (Fsp3) is 0.421. The van der Waals surface area contributed by atoms with E-state index in [1.54, 1.807) is 44.2 Å². The zero-order valence-electron chi connectivity index (χ0n) is 32.7. The smallest absolute Gasteiger partial charge is 0.410 e. The third kappa shape index (κ3) is 13.9. The van der Waals surface area contributed by atoms with Gasteiger partial charge in [0, 0.05) is 24.0 Å². The number of amides is 2. The predicted molar refractivity (Wildman–Crippen MR) is 223 cm³/mol. The van der Waals surface area contributed by atoms with Crippen molar-refractivity contribution in [1.29, 1.82) is 0 Å². The Morgan fingerprint density at radius 2 is 1.20 bits per heavy atom. The number of nitrogens with two attached hydrogens (primary N) is 2. The number of aromatic nitrogens is 4. The van der Waals surface area contributed by atoms with Gasteiger partial charge >= 0.3 is 24.5 Å². The van der Waals surface area contributed by atoms with Gasteiger partial charge in [0.1, 0.15) is 11.5 Å². The van der Waals surface area contributed by atoms with E-state index in [1.807, 2.05) is 22.6 Å². The molecule has 0 atom stereocenters. The van der Waals surface area contributed by atoms with Gasteiger partial charge < -0.3 is 30.8 Å². The number of rotatable bonds is 10. The summed E-state index contributed by atoms with van der Waals surface area (Å²) in [5, 5.41) is 10.8. The van der Waals surface area contributed by atoms with E-state index >= 15 is 0 Å². The van der Waals surface area contributed by atoms with Crippen LogP contribution in [0.4, 0.5) is 47.8 Å². The van der Waals surface area contributed by atoms with E-state index in [1.165, 1.54) is 15.9 Å². The lowest BCUT2D eigenvalue weighted by Crippen LogP contribution is -2.26. The summed E-state index contributed by atoms with van der Waals surface area (Å²) in [5.74, 6) is 0.313. The van der Waals surface area contributed by atoms with Gasteiger partial charge in [-0.15, -0.1) is 0 Å². The fourth-order valence-corrected chi connectivity index (χ4v) is 6.87. The topological polar surface area (TPSA) is 192 Å². The van der Waals surface area contributed by atoms with E-state index in [0.717, 1.165) is 0 Å². The molecule has 332 valence electrons. The largest absolute Gasteiger partial charge is 0.507 e. The van der Waals surface area contributed by atoms with Gasteiger partial charge in [0.15, 0.2) is 0 Å². The maximum atomic E-state index is 12.4. The number of fused-ring (bicyclic) bond motifs is 2. The summed E-state index contributed by atoms with van der Waals surface area (Å²) in [7, 11) is 0. The molecule has 14 nitrogen and oxygen atoms in total. The Balaban J connectivity index is 0.000000233. The Morgan fingerprint density at radius 1 is 0.738 bits per heavy atom. The number of benzene rings is 2. The second-order valence-corrected chi connectivity index (χ2v) is 14.9. The van der Waals surface area contributed by atoms with Crippen molar-refractivity contribution in [2.75, 3.05) is 35.7 Å². The van der Waals surface area contributed by atoms with E-state index in [2.05, 4.69) is 19.9 Å². The average molecular weight is 1020 g/mol. The van der Waals surface area contributed by atoms with Crippen LogP contribution in [0.15, 0.2) is 36.4 Å². The highest BCUT2D eigenvalue weighted by molar-refractivity contribution is 14.1. The third-order valence-corrected chi connectivity index (χ3v) is 9.94. The molecular weight excluding hydrogens is 976 g/mol. The van der Waals surface area contributed by atoms with Crippen molar-refractivity contribution in [2.24, 2.45) is 0 Å². The molecule has 0 radical (unpaired) electrons. The number of nitrogens with zero attached hydrogens (tertiary/aromatic N) is 6. The number of phenolic OH excluding ortho intramolecular Hbond substituents is 1. The minimum absolute atomic E-state index is 0.00705. The minimum atomic E-state index is -4.25. The second-order valence-electron chi connectivity index (χ2n) is 13.0. The van der Waals surface area contributed by atoms with Crippen molar-refractivity contribution in [3.63, 3.8) is 0 Å². The van der Waals surface area contributed by atoms with Gasteiger partial charge in [-0.3, -0.25) is 9.80 Å². The number of hydrogen-bond donors (Lipinski definition) is 3. The van der Waals surface area contributed by atoms with E-state index in [-0.39, 0.29) is 82.2 Å². The molecule has 2 aliphatic rings. The van der Waals surface area contributed by atoms with Crippen LogP contribution in [0.2, 0.25) is 10.0 Å². The van der Waals surface area contributed by atoms with Crippen LogP contribution in [0.5, 0.6) is 11.5 Å². The van der Waals surface area contributed by atoms with Crippen LogP contribution in [-0.4, -0.2) is 83.6 Å². The Labute approximate surface area is 370 Å². The molecule has 0 saturated carbocycles. The summed E-state index contributed by atoms with van der Waals surface area (Å²) >= 11 is 14.5. The highest BCUT2D eigenvalue weighted by Gasteiger charge is 2.33.